The van der Waals surface area contributed by atoms with E-state index < -0.39 is 0 Å². The van der Waals surface area contributed by atoms with E-state index >= 15 is 0 Å². The van der Waals surface area contributed by atoms with E-state index in [0.29, 0.717) is 12.1 Å². The van der Waals surface area contributed by atoms with Gasteiger partial charge in [0, 0.05) is 12.1 Å². The average Bonchev–Trinajstić information content (AvgIpc) is 2.44. The maximum absolute atomic E-state index is 12.2. The molecule has 3 atom stereocenters. The van der Waals surface area contributed by atoms with E-state index in [1.165, 1.54) is 32.1 Å². The minimum atomic E-state index is -0.0715. The zero-order chi connectivity index (χ0) is 14.3. The van der Waals surface area contributed by atoms with Crippen LogP contribution >= 0.6 is 0 Å². The topological polar surface area (TPSA) is 41.1 Å². The summed E-state index contributed by atoms with van der Waals surface area (Å²) in [6.45, 7) is 8.51. The number of carbonyl (C=O) groups excluding carboxylic acids is 1. The Kier molecular flexibility index (Phi) is 7.44. The van der Waals surface area contributed by atoms with Gasteiger partial charge in [-0.25, -0.2) is 0 Å². The van der Waals surface area contributed by atoms with Gasteiger partial charge in [0.05, 0.1) is 6.04 Å². The van der Waals surface area contributed by atoms with Crippen LogP contribution in [0.1, 0.15) is 72.6 Å². The first-order valence-corrected chi connectivity index (χ1v) is 8.18. The SMILES string of the molecule is CCC(CC)NC(=O)C(C)NC1CCCCC1CC. The lowest BCUT2D eigenvalue weighted by Gasteiger charge is -2.33. The van der Waals surface area contributed by atoms with Crippen molar-refractivity contribution in [3.63, 3.8) is 0 Å². The first-order valence-electron chi connectivity index (χ1n) is 8.18. The summed E-state index contributed by atoms with van der Waals surface area (Å²) in [6.07, 6.45) is 8.43. The normalized spacial score (nSPS) is 25.3. The van der Waals surface area contributed by atoms with Crippen LogP contribution in [-0.4, -0.2) is 24.0 Å². The van der Waals surface area contributed by atoms with Crippen molar-refractivity contribution in [2.24, 2.45) is 5.92 Å². The van der Waals surface area contributed by atoms with Gasteiger partial charge in [0.1, 0.15) is 0 Å². The van der Waals surface area contributed by atoms with E-state index in [4.69, 9.17) is 0 Å². The number of rotatable bonds is 7. The molecule has 0 radical (unpaired) electrons. The minimum absolute atomic E-state index is 0.0715. The number of nitrogens with one attached hydrogen (secondary N) is 2. The standard InChI is InChI=1S/C16H32N2O/c1-5-13-10-8-9-11-15(13)17-12(4)16(19)18-14(6-2)7-3/h12-15,17H,5-11H2,1-4H3,(H,18,19). The minimum Gasteiger partial charge on any atom is -0.352 e. The Hall–Kier alpha value is -0.570. The van der Waals surface area contributed by atoms with Crippen LogP contribution in [0.25, 0.3) is 0 Å². The Labute approximate surface area is 118 Å². The van der Waals surface area contributed by atoms with Crippen LogP contribution in [0.3, 0.4) is 0 Å². The monoisotopic (exact) mass is 268 g/mol. The largest absolute Gasteiger partial charge is 0.352 e. The summed E-state index contributed by atoms with van der Waals surface area (Å²) in [5, 5.41) is 6.70. The smallest absolute Gasteiger partial charge is 0.237 e. The molecule has 0 aromatic carbocycles. The molecule has 1 fully saturated rings. The van der Waals surface area contributed by atoms with Crippen LogP contribution in [-0.2, 0) is 4.79 Å². The molecule has 1 rings (SSSR count). The highest BCUT2D eigenvalue weighted by Gasteiger charge is 2.26. The fourth-order valence-electron chi connectivity index (χ4n) is 3.13. The third kappa shape index (κ3) is 5.13. The lowest BCUT2D eigenvalue weighted by atomic mass is 9.82. The molecule has 3 unspecified atom stereocenters. The van der Waals surface area contributed by atoms with E-state index in [2.05, 4.69) is 31.4 Å². The van der Waals surface area contributed by atoms with Gasteiger partial charge in [-0.2, -0.15) is 0 Å². The van der Waals surface area contributed by atoms with Crippen molar-refractivity contribution in [2.75, 3.05) is 0 Å². The lowest BCUT2D eigenvalue weighted by Crippen LogP contribution is -2.51. The molecule has 0 aromatic heterocycles. The molecule has 2 N–H and O–H groups in total. The fraction of sp³-hybridized carbons (Fsp3) is 0.938. The van der Waals surface area contributed by atoms with Crippen LogP contribution in [0, 0.1) is 5.92 Å². The molecule has 3 heteroatoms. The molecule has 1 aliphatic carbocycles. The fourth-order valence-corrected chi connectivity index (χ4v) is 3.13. The summed E-state index contributed by atoms with van der Waals surface area (Å²) in [5.41, 5.74) is 0. The van der Waals surface area contributed by atoms with Crippen LogP contribution in [0.5, 0.6) is 0 Å². The number of carbonyl (C=O) groups is 1. The summed E-state index contributed by atoms with van der Waals surface area (Å²) < 4.78 is 0. The number of amides is 1. The van der Waals surface area contributed by atoms with Crippen molar-refractivity contribution in [1.82, 2.24) is 10.6 Å². The Balaban J connectivity index is 2.43. The lowest BCUT2D eigenvalue weighted by molar-refractivity contribution is -0.123. The van der Waals surface area contributed by atoms with Crippen LogP contribution in [0.2, 0.25) is 0 Å². The summed E-state index contributed by atoms with van der Waals surface area (Å²) in [4.78, 5) is 12.2. The van der Waals surface area contributed by atoms with E-state index in [0.717, 1.165) is 18.8 Å². The summed E-state index contributed by atoms with van der Waals surface area (Å²) in [7, 11) is 0. The Morgan fingerprint density at radius 1 is 1.16 bits per heavy atom. The summed E-state index contributed by atoms with van der Waals surface area (Å²) >= 11 is 0. The summed E-state index contributed by atoms with van der Waals surface area (Å²) in [6, 6.07) is 0.782. The van der Waals surface area contributed by atoms with Crippen LogP contribution in [0.4, 0.5) is 0 Å². The molecule has 112 valence electrons. The van der Waals surface area contributed by atoms with Crippen molar-refractivity contribution in [2.45, 2.75) is 90.8 Å². The zero-order valence-corrected chi connectivity index (χ0v) is 13.2. The number of hydrogen-bond acceptors (Lipinski definition) is 2. The second kappa shape index (κ2) is 8.57. The Morgan fingerprint density at radius 3 is 2.37 bits per heavy atom. The first-order chi connectivity index (χ1) is 9.12. The van der Waals surface area contributed by atoms with Crippen molar-refractivity contribution in [1.29, 1.82) is 0 Å². The highest BCUT2D eigenvalue weighted by Crippen LogP contribution is 2.27. The van der Waals surface area contributed by atoms with Gasteiger partial charge in [0.25, 0.3) is 0 Å². The zero-order valence-electron chi connectivity index (χ0n) is 13.2. The molecular formula is C16H32N2O. The average molecular weight is 268 g/mol. The van der Waals surface area contributed by atoms with Gasteiger partial charge in [-0.05, 0) is 38.5 Å². The second-order valence-corrected chi connectivity index (χ2v) is 5.97. The predicted molar refractivity (Wildman–Crippen MR) is 81.1 cm³/mol. The van der Waals surface area contributed by atoms with E-state index in [9.17, 15) is 4.79 Å². The summed E-state index contributed by atoms with van der Waals surface area (Å²) in [5.74, 6) is 0.909. The molecular weight excluding hydrogens is 236 g/mol. The Morgan fingerprint density at radius 2 is 1.79 bits per heavy atom. The van der Waals surface area contributed by atoms with Gasteiger partial charge in [-0.15, -0.1) is 0 Å². The van der Waals surface area contributed by atoms with Gasteiger partial charge < -0.3 is 10.6 Å². The van der Waals surface area contributed by atoms with Crippen molar-refractivity contribution in [3.8, 4) is 0 Å². The van der Waals surface area contributed by atoms with Gasteiger partial charge in [0.2, 0.25) is 5.91 Å². The quantitative estimate of drug-likeness (QED) is 0.744. The van der Waals surface area contributed by atoms with E-state index in [1.54, 1.807) is 0 Å². The van der Waals surface area contributed by atoms with E-state index in [-0.39, 0.29) is 11.9 Å². The second-order valence-electron chi connectivity index (χ2n) is 5.97. The van der Waals surface area contributed by atoms with Crippen LogP contribution in [0.15, 0.2) is 0 Å². The third-order valence-electron chi connectivity index (χ3n) is 4.62. The molecule has 1 aliphatic rings. The molecule has 1 saturated carbocycles. The van der Waals surface area contributed by atoms with Crippen molar-refractivity contribution < 1.29 is 4.79 Å². The van der Waals surface area contributed by atoms with Crippen molar-refractivity contribution in [3.05, 3.63) is 0 Å². The first kappa shape index (κ1) is 16.5. The van der Waals surface area contributed by atoms with Crippen molar-refractivity contribution >= 4 is 5.91 Å². The Bertz CT molecular complexity index is 263. The van der Waals surface area contributed by atoms with Gasteiger partial charge in [-0.3, -0.25) is 4.79 Å². The molecule has 19 heavy (non-hydrogen) atoms. The molecule has 0 spiro atoms. The maximum atomic E-state index is 12.2. The van der Waals surface area contributed by atoms with Gasteiger partial charge in [0.15, 0.2) is 0 Å². The molecule has 3 nitrogen and oxygen atoms in total. The maximum Gasteiger partial charge on any atom is 0.237 e. The molecule has 0 aliphatic heterocycles. The van der Waals surface area contributed by atoms with E-state index in [1.807, 2.05) is 6.92 Å². The highest BCUT2D eigenvalue weighted by atomic mass is 16.2. The van der Waals surface area contributed by atoms with Gasteiger partial charge >= 0.3 is 0 Å². The highest BCUT2D eigenvalue weighted by molar-refractivity contribution is 5.81. The molecule has 0 saturated heterocycles. The van der Waals surface area contributed by atoms with Gasteiger partial charge in [-0.1, -0.05) is 40.0 Å². The van der Waals surface area contributed by atoms with Crippen LogP contribution < -0.4 is 10.6 Å². The number of hydrogen-bond donors (Lipinski definition) is 2. The molecule has 0 aromatic rings. The molecule has 0 heterocycles. The predicted octanol–water partition coefficient (Wildman–Crippen LogP) is 3.24. The third-order valence-corrected chi connectivity index (χ3v) is 4.62. The molecule has 1 amide bonds. The molecule has 0 bridgehead atoms.